The van der Waals surface area contributed by atoms with Crippen LogP contribution in [-0.4, -0.2) is 61.4 Å². The second-order valence-corrected chi connectivity index (χ2v) is 14.0. The molecule has 1 aliphatic heterocycles. The summed E-state index contributed by atoms with van der Waals surface area (Å²) in [6.45, 7) is 6.82. The minimum Gasteiger partial charge on any atom is -0.494 e. The van der Waals surface area contributed by atoms with Gasteiger partial charge in [-0.25, -0.2) is 8.42 Å². The van der Waals surface area contributed by atoms with Crippen LogP contribution in [0.4, 0.5) is 5.69 Å². The van der Waals surface area contributed by atoms with Gasteiger partial charge >= 0.3 is 0 Å². The van der Waals surface area contributed by atoms with E-state index in [-0.39, 0.29) is 22.0 Å². The second-order valence-electron chi connectivity index (χ2n) is 11.7. The molecule has 5 rings (SSSR count). The molecule has 0 bridgehead atoms. The van der Waals surface area contributed by atoms with Crippen molar-refractivity contribution in [2.24, 2.45) is 5.92 Å². The number of sulfonamides is 1. The lowest BCUT2D eigenvalue weighted by Crippen LogP contribution is -2.49. The zero-order chi connectivity index (χ0) is 32.5. The monoisotopic (exact) mass is 656 g/mol. The average molecular weight is 657 g/mol. The number of amides is 1. The van der Waals surface area contributed by atoms with Crippen LogP contribution in [0.5, 0.6) is 5.75 Å². The van der Waals surface area contributed by atoms with Gasteiger partial charge < -0.3 is 10.1 Å². The maximum absolute atomic E-state index is 13.6. The van der Waals surface area contributed by atoms with Crippen molar-refractivity contribution in [3.63, 3.8) is 0 Å². The standard InChI is InChI=1S/C36H40N4O4S2/c1-27(2)20-25-44-32-15-9-14-30(26-32)35(41)38-36(45)37-31-16-18-33(19-17-31)46(42,43)40-23-21-39(22-24-40)34(28-10-5-3-6-11-28)29-12-7-4-8-13-29/h3-19,26-27,34H,20-25H2,1-2H3,(H2,37,38,41,45). The number of thiocarbonyl (C=S) groups is 1. The summed E-state index contributed by atoms with van der Waals surface area (Å²) in [7, 11) is -3.69. The summed E-state index contributed by atoms with van der Waals surface area (Å²) >= 11 is 5.35. The molecule has 0 radical (unpaired) electrons. The van der Waals surface area contributed by atoms with Crippen LogP contribution in [-0.2, 0) is 10.0 Å². The SMILES string of the molecule is CC(C)CCOc1cccc(C(=O)NC(=S)Nc2ccc(S(=O)(=O)N3CCN(C(c4ccccc4)c4ccccc4)CC3)cc2)c1. The maximum atomic E-state index is 13.6. The topological polar surface area (TPSA) is 91.0 Å². The van der Waals surface area contributed by atoms with E-state index in [1.54, 1.807) is 46.8 Å². The van der Waals surface area contributed by atoms with Gasteiger partial charge in [0, 0.05) is 37.4 Å². The van der Waals surface area contributed by atoms with Gasteiger partial charge in [-0.05, 0) is 78.1 Å². The molecular weight excluding hydrogens is 617 g/mol. The molecule has 2 N–H and O–H groups in total. The number of benzene rings is 4. The largest absolute Gasteiger partial charge is 0.494 e. The number of hydrogen-bond acceptors (Lipinski definition) is 6. The van der Waals surface area contributed by atoms with E-state index < -0.39 is 10.0 Å². The number of carbonyl (C=O) groups is 1. The number of carbonyl (C=O) groups excluding carboxylic acids is 1. The van der Waals surface area contributed by atoms with Gasteiger partial charge in [-0.1, -0.05) is 80.6 Å². The lowest BCUT2D eigenvalue weighted by molar-refractivity contribution is 0.0977. The van der Waals surface area contributed by atoms with E-state index in [1.807, 2.05) is 42.5 Å². The molecule has 1 aliphatic rings. The van der Waals surface area contributed by atoms with Crippen LogP contribution in [0.3, 0.4) is 0 Å². The van der Waals surface area contributed by atoms with Crippen LogP contribution in [0.2, 0.25) is 0 Å². The van der Waals surface area contributed by atoms with Gasteiger partial charge in [-0.2, -0.15) is 4.31 Å². The summed E-state index contributed by atoms with van der Waals surface area (Å²) in [6.07, 6.45) is 0.922. The Hall–Kier alpha value is -4.09. The zero-order valence-corrected chi connectivity index (χ0v) is 27.8. The molecule has 0 aliphatic carbocycles. The molecule has 8 nitrogen and oxygen atoms in total. The Morgan fingerprint density at radius 3 is 2.02 bits per heavy atom. The molecule has 0 aromatic heterocycles. The first-order valence-corrected chi connectivity index (χ1v) is 17.3. The van der Waals surface area contributed by atoms with Crippen LogP contribution >= 0.6 is 12.2 Å². The van der Waals surface area contributed by atoms with E-state index in [1.165, 1.54) is 11.1 Å². The highest BCUT2D eigenvalue weighted by Crippen LogP contribution is 2.30. The highest BCUT2D eigenvalue weighted by Gasteiger charge is 2.32. The quantitative estimate of drug-likeness (QED) is 0.182. The predicted octanol–water partition coefficient (Wildman–Crippen LogP) is 6.33. The molecule has 4 aromatic rings. The molecule has 10 heteroatoms. The molecule has 0 unspecified atom stereocenters. The van der Waals surface area contributed by atoms with Crippen LogP contribution in [0.25, 0.3) is 0 Å². The molecule has 0 saturated carbocycles. The smallest absolute Gasteiger partial charge is 0.257 e. The summed E-state index contributed by atoms with van der Waals surface area (Å²) in [6, 6.07) is 34.0. The highest BCUT2D eigenvalue weighted by molar-refractivity contribution is 7.89. The van der Waals surface area contributed by atoms with Gasteiger partial charge in [-0.15, -0.1) is 0 Å². The van der Waals surface area contributed by atoms with E-state index in [9.17, 15) is 13.2 Å². The third kappa shape index (κ3) is 8.58. The fourth-order valence-corrected chi connectivity index (χ4v) is 7.06. The van der Waals surface area contributed by atoms with Crippen molar-refractivity contribution in [1.29, 1.82) is 0 Å². The minimum atomic E-state index is -3.69. The lowest BCUT2D eigenvalue weighted by Gasteiger charge is -2.39. The lowest BCUT2D eigenvalue weighted by atomic mass is 9.96. The average Bonchev–Trinajstić information content (AvgIpc) is 3.06. The molecule has 0 atom stereocenters. The number of ether oxygens (including phenoxy) is 1. The Bertz CT molecular complexity index is 1670. The van der Waals surface area contributed by atoms with Crippen LogP contribution in [0, 0.1) is 5.92 Å². The van der Waals surface area contributed by atoms with Crippen molar-refractivity contribution >= 4 is 38.9 Å². The zero-order valence-electron chi connectivity index (χ0n) is 26.1. The van der Waals surface area contributed by atoms with E-state index in [2.05, 4.69) is 53.6 Å². The van der Waals surface area contributed by atoms with Crippen LogP contribution in [0.15, 0.2) is 114 Å². The molecule has 1 heterocycles. The van der Waals surface area contributed by atoms with E-state index in [0.29, 0.717) is 55.7 Å². The van der Waals surface area contributed by atoms with E-state index in [0.717, 1.165) is 6.42 Å². The number of nitrogens with zero attached hydrogens (tertiary/aromatic N) is 2. The van der Waals surface area contributed by atoms with Gasteiger partial charge in [0.1, 0.15) is 5.75 Å². The number of rotatable bonds is 11. The Morgan fingerprint density at radius 2 is 1.43 bits per heavy atom. The van der Waals surface area contributed by atoms with Gasteiger partial charge in [-0.3, -0.25) is 15.0 Å². The fourth-order valence-electron chi connectivity index (χ4n) is 5.42. The fraction of sp³-hybridized carbons (Fsp3) is 0.278. The van der Waals surface area contributed by atoms with Gasteiger partial charge in [0.05, 0.1) is 17.5 Å². The van der Waals surface area contributed by atoms with Crippen molar-refractivity contribution in [2.75, 3.05) is 38.1 Å². The van der Waals surface area contributed by atoms with Crippen LogP contribution < -0.4 is 15.4 Å². The van der Waals surface area contributed by atoms with E-state index in [4.69, 9.17) is 17.0 Å². The molecule has 46 heavy (non-hydrogen) atoms. The molecule has 240 valence electrons. The van der Waals surface area contributed by atoms with Crippen molar-refractivity contribution < 1.29 is 17.9 Å². The third-order valence-corrected chi connectivity index (χ3v) is 10.0. The number of hydrogen-bond donors (Lipinski definition) is 2. The molecule has 4 aromatic carbocycles. The number of nitrogens with one attached hydrogen (secondary N) is 2. The minimum absolute atomic E-state index is 0.0499. The van der Waals surface area contributed by atoms with Crippen molar-refractivity contribution in [1.82, 2.24) is 14.5 Å². The second kappa shape index (κ2) is 15.5. The Labute approximate surface area is 277 Å². The first kappa shape index (κ1) is 33.3. The van der Waals surface area contributed by atoms with Crippen molar-refractivity contribution in [3.05, 3.63) is 126 Å². The third-order valence-electron chi connectivity index (χ3n) is 7.91. The maximum Gasteiger partial charge on any atom is 0.257 e. The van der Waals surface area contributed by atoms with Crippen molar-refractivity contribution in [2.45, 2.75) is 31.2 Å². The van der Waals surface area contributed by atoms with Gasteiger partial charge in [0.15, 0.2) is 5.11 Å². The first-order valence-electron chi connectivity index (χ1n) is 15.5. The number of piperazine rings is 1. The summed E-state index contributed by atoms with van der Waals surface area (Å²) in [5, 5.41) is 5.74. The highest BCUT2D eigenvalue weighted by atomic mass is 32.2. The summed E-state index contributed by atoms with van der Waals surface area (Å²) in [5.74, 6) is 0.780. The predicted molar refractivity (Wildman–Crippen MR) is 187 cm³/mol. The van der Waals surface area contributed by atoms with Gasteiger partial charge in [0.25, 0.3) is 5.91 Å². The normalized spacial score (nSPS) is 14.3. The van der Waals surface area contributed by atoms with Crippen LogP contribution in [0.1, 0.15) is 47.8 Å². The first-order chi connectivity index (χ1) is 22.2. The van der Waals surface area contributed by atoms with Crippen molar-refractivity contribution in [3.8, 4) is 5.75 Å². The molecular formula is C36H40N4O4S2. The Balaban J connectivity index is 1.16. The van der Waals surface area contributed by atoms with E-state index >= 15 is 0 Å². The summed E-state index contributed by atoms with van der Waals surface area (Å²) in [5.41, 5.74) is 3.35. The molecule has 0 spiro atoms. The summed E-state index contributed by atoms with van der Waals surface area (Å²) in [4.78, 5) is 15.3. The number of anilines is 1. The van der Waals surface area contributed by atoms with Gasteiger partial charge in [0.2, 0.25) is 10.0 Å². The molecule has 1 amide bonds. The summed E-state index contributed by atoms with van der Waals surface area (Å²) < 4.78 is 34.4. The molecule has 1 saturated heterocycles. The molecule has 1 fully saturated rings. The Morgan fingerprint density at radius 1 is 0.826 bits per heavy atom. The Kier molecular flexibility index (Phi) is 11.2.